The molecule has 0 amide bonds. The molecule has 0 saturated heterocycles. The van der Waals surface area contributed by atoms with E-state index < -0.39 is 16.0 Å². The predicted octanol–water partition coefficient (Wildman–Crippen LogP) is 2.65. The van der Waals surface area contributed by atoms with Crippen LogP contribution in [0.25, 0.3) is 0 Å². The first-order valence-electron chi connectivity index (χ1n) is 5.78. The predicted molar refractivity (Wildman–Crippen MR) is 80.9 cm³/mol. The van der Waals surface area contributed by atoms with Crippen LogP contribution in [-0.4, -0.2) is 24.5 Å². The van der Waals surface area contributed by atoms with E-state index in [2.05, 4.69) is 25.6 Å². The van der Waals surface area contributed by atoms with Crippen LogP contribution in [-0.2, 0) is 10.0 Å². The zero-order valence-corrected chi connectivity index (χ0v) is 13.3. The lowest BCUT2D eigenvalue weighted by atomic mass is 10.2. The lowest BCUT2D eigenvalue weighted by Crippen LogP contribution is -2.14. The number of halogens is 1. The van der Waals surface area contributed by atoms with E-state index in [9.17, 15) is 13.2 Å². The number of pyridine rings is 1. The Bertz CT molecular complexity index is 806. The van der Waals surface area contributed by atoms with Gasteiger partial charge in [-0.25, -0.2) is 18.2 Å². The number of carboxylic acids is 1. The highest BCUT2D eigenvalue weighted by Gasteiger charge is 2.16. The summed E-state index contributed by atoms with van der Waals surface area (Å²) in [5, 5.41) is 8.90. The Morgan fingerprint density at radius 2 is 2.05 bits per heavy atom. The third kappa shape index (κ3) is 3.59. The molecule has 0 atom stereocenters. The number of aromatic carboxylic acids is 1. The molecule has 0 aliphatic carbocycles. The Hall–Kier alpha value is -1.93. The minimum absolute atomic E-state index is 0.0945. The Morgan fingerprint density at radius 1 is 1.33 bits per heavy atom. The summed E-state index contributed by atoms with van der Waals surface area (Å²) in [4.78, 5) is 14.8. The summed E-state index contributed by atoms with van der Waals surface area (Å²) in [6, 6.07) is 6.75. The molecule has 21 heavy (non-hydrogen) atoms. The van der Waals surface area contributed by atoms with Crippen LogP contribution in [0.2, 0.25) is 0 Å². The summed E-state index contributed by atoms with van der Waals surface area (Å²) >= 11 is 3.23. The third-order valence-corrected chi connectivity index (χ3v) is 4.87. The van der Waals surface area contributed by atoms with Crippen LogP contribution in [0.5, 0.6) is 0 Å². The van der Waals surface area contributed by atoms with Gasteiger partial charge in [-0.1, -0.05) is 6.07 Å². The first kappa shape index (κ1) is 15.5. The number of aromatic nitrogens is 1. The number of hydrogen-bond donors (Lipinski definition) is 2. The monoisotopic (exact) mass is 370 g/mol. The minimum atomic E-state index is -3.87. The quantitative estimate of drug-likeness (QED) is 0.806. The van der Waals surface area contributed by atoms with E-state index in [-0.39, 0.29) is 10.5 Å². The van der Waals surface area contributed by atoms with Crippen LogP contribution in [0.4, 0.5) is 5.69 Å². The molecule has 2 N–H and O–H groups in total. The number of carbonyl (C=O) groups is 1. The smallest absolute Gasteiger partial charge is 0.335 e. The zero-order chi connectivity index (χ0) is 15.6. The van der Waals surface area contributed by atoms with E-state index in [1.807, 2.05) is 0 Å². The van der Waals surface area contributed by atoms with Crippen LogP contribution >= 0.6 is 15.9 Å². The van der Waals surface area contributed by atoms with Gasteiger partial charge in [0, 0.05) is 0 Å². The average molecular weight is 371 g/mol. The van der Waals surface area contributed by atoms with Gasteiger partial charge in [0.1, 0.15) is 4.60 Å². The normalized spacial score (nSPS) is 11.1. The second kappa shape index (κ2) is 5.82. The van der Waals surface area contributed by atoms with E-state index >= 15 is 0 Å². The van der Waals surface area contributed by atoms with Crippen molar-refractivity contribution in [2.75, 3.05) is 4.72 Å². The number of hydrogen-bond acceptors (Lipinski definition) is 4. The van der Waals surface area contributed by atoms with Gasteiger partial charge in [0.25, 0.3) is 10.0 Å². The summed E-state index contributed by atoms with van der Waals surface area (Å²) in [7, 11) is -3.87. The van der Waals surface area contributed by atoms with Crippen LogP contribution in [0.15, 0.2) is 46.0 Å². The lowest BCUT2D eigenvalue weighted by molar-refractivity contribution is 0.0696. The van der Waals surface area contributed by atoms with Gasteiger partial charge in [0.05, 0.1) is 22.3 Å². The molecule has 0 bridgehead atoms. The fourth-order valence-electron chi connectivity index (χ4n) is 1.62. The molecule has 6 nitrogen and oxygen atoms in total. The third-order valence-electron chi connectivity index (χ3n) is 2.66. The van der Waals surface area contributed by atoms with Gasteiger partial charge in [0.2, 0.25) is 0 Å². The molecule has 1 aromatic heterocycles. The van der Waals surface area contributed by atoms with Gasteiger partial charge in [-0.15, -0.1) is 0 Å². The van der Waals surface area contributed by atoms with Crippen LogP contribution < -0.4 is 4.72 Å². The van der Waals surface area contributed by atoms with Crippen molar-refractivity contribution in [1.29, 1.82) is 0 Å². The second-order valence-electron chi connectivity index (χ2n) is 4.27. The van der Waals surface area contributed by atoms with Crippen molar-refractivity contribution in [2.24, 2.45) is 0 Å². The van der Waals surface area contributed by atoms with Gasteiger partial charge in [0.15, 0.2) is 0 Å². The van der Waals surface area contributed by atoms with Gasteiger partial charge in [-0.05, 0) is 52.7 Å². The number of nitrogens with zero attached hydrogens (tertiary/aromatic N) is 1. The number of aryl methyl sites for hydroxylation is 1. The Labute approximate surface area is 130 Å². The maximum atomic E-state index is 12.2. The van der Waals surface area contributed by atoms with Gasteiger partial charge in [-0.3, -0.25) is 4.72 Å². The van der Waals surface area contributed by atoms with Crippen molar-refractivity contribution < 1.29 is 18.3 Å². The molecule has 0 radical (unpaired) electrons. The number of benzene rings is 1. The zero-order valence-electron chi connectivity index (χ0n) is 10.9. The van der Waals surface area contributed by atoms with Crippen molar-refractivity contribution in [3.05, 3.63) is 52.3 Å². The van der Waals surface area contributed by atoms with Crippen LogP contribution in [0.3, 0.4) is 0 Å². The van der Waals surface area contributed by atoms with Crippen molar-refractivity contribution in [1.82, 2.24) is 4.98 Å². The number of rotatable bonds is 4. The van der Waals surface area contributed by atoms with Crippen LogP contribution in [0, 0.1) is 6.92 Å². The largest absolute Gasteiger partial charge is 0.478 e. The number of anilines is 1. The van der Waals surface area contributed by atoms with Gasteiger partial charge >= 0.3 is 5.97 Å². The second-order valence-corrected chi connectivity index (χ2v) is 6.70. The highest BCUT2D eigenvalue weighted by atomic mass is 79.9. The average Bonchev–Trinajstić information content (AvgIpc) is 2.43. The Balaban J connectivity index is 2.36. The molecule has 0 aliphatic rings. The molecule has 0 spiro atoms. The molecule has 0 aliphatic heterocycles. The maximum Gasteiger partial charge on any atom is 0.335 e. The van der Waals surface area contributed by atoms with E-state index in [0.29, 0.717) is 10.3 Å². The maximum absolute atomic E-state index is 12.2. The van der Waals surface area contributed by atoms with E-state index in [4.69, 9.17) is 5.11 Å². The molecule has 0 fully saturated rings. The van der Waals surface area contributed by atoms with E-state index in [1.54, 1.807) is 13.0 Å². The molecule has 0 saturated carbocycles. The number of carboxylic acid groups (broad SMARTS) is 1. The molecular weight excluding hydrogens is 360 g/mol. The van der Waals surface area contributed by atoms with Crippen molar-refractivity contribution in [3.63, 3.8) is 0 Å². The topological polar surface area (TPSA) is 96.4 Å². The van der Waals surface area contributed by atoms with Crippen molar-refractivity contribution >= 4 is 37.6 Å². The SMILES string of the molecule is Cc1cc(NS(=O)(=O)c2cccc(C(=O)O)c2)cnc1Br. The van der Waals surface area contributed by atoms with E-state index in [1.165, 1.54) is 24.4 Å². The van der Waals surface area contributed by atoms with Crippen molar-refractivity contribution in [2.45, 2.75) is 11.8 Å². The molecule has 1 heterocycles. The highest BCUT2D eigenvalue weighted by Crippen LogP contribution is 2.20. The fourth-order valence-corrected chi connectivity index (χ4v) is 2.92. The Kier molecular flexibility index (Phi) is 4.29. The van der Waals surface area contributed by atoms with Crippen LogP contribution in [0.1, 0.15) is 15.9 Å². The summed E-state index contributed by atoms with van der Waals surface area (Å²) in [6.07, 6.45) is 1.37. The summed E-state index contributed by atoms with van der Waals surface area (Å²) in [5.74, 6) is -1.19. The molecule has 1 aromatic carbocycles. The molecule has 0 unspecified atom stereocenters. The Morgan fingerprint density at radius 3 is 2.67 bits per heavy atom. The molecular formula is C13H11BrN2O4S. The number of nitrogens with one attached hydrogen (secondary N) is 1. The standard InChI is InChI=1S/C13H11BrN2O4S/c1-8-5-10(7-15-12(8)14)16-21(19,20)11-4-2-3-9(6-11)13(17)18/h2-7,16H,1H3,(H,17,18). The lowest BCUT2D eigenvalue weighted by Gasteiger charge is -2.09. The molecule has 8 heteroatoms. The van der Waals surface area contributed by atoms with Gasteiger partial charge < -0.3 is 5.11 Å². The molecule has 2 aromatic rings. The minimum Gasteiger partial charge on any atom is -0.478 e. The summed E-state index contributed by atoms with van der Waals surface area (Å²) in [5.41, 5.74) is 0.980. The summed E-state index contributed by atoms with van der Waals surface area (Å²) < 4.78 is 27.4. The summed E-state index contributed by atoms with van der Waals surface area (Å²) in [6.45, 7) is 1.78. The number of sulfonamides is 1. The fraction of sp³-hybridized carbons (Fsp3) is 0.0769. The van der Waals surface area contributed by atoms with Gasteiger partial charge in [-0.2, -0.15) is 0 Å². The van der Waals surface area contributed by atoms with E-state index in [0.717, 1.165) is 11.6 Å². The van der Waals surface area contributed by atoms with Crippen molar-refractivity contribution in [3.8, 4) is 0 Å². The molecule has 110 valence electrons. The molecule has 2 rings (SSSR count). The first-order valence-corrected chi connectivity index (χ1v) is 8.05. The highest BCUT2D eigenvalue weighted by molar-refractivity contribution is 9.10. The first-order chi connectivity index (χ1) is 9.79.